The van der Waals surface area contributed by atoms with Crippen LogP contribution in [0.5, 0.6) is 5.75 Å². The fourth-order valence-corrected chi connectivity index (χ4v) is 4.07. The second-order valence-corrected chi connectivity index (χ2v) is 6.00. The molecule has 2 rings (SSSR count). The van der Waals surface area contributed by atoms with Crippen LogP contribution in [0, 0.1) is 0 Å². The van der Waals surface area contributed by atoms with E-state index in [1.165, 1.54) is 16.7 Å². The fraction of sp³-hybridized carbons (Fsp3) is 0.357. The predicted molar refractivity (Wildman–Crippen MR) is 74.4 cm³/mol. The predicted octanol–water partition coefficient (Wildman–Crippen LogP) is 1.97. The molecule has 4 heteroatoms. The molecule has 0 radical (unpaired) electrons. The summed E-state index contributed by atoms with van der Waals surface area (Å²) >= 11 is 0.368. The molecule has 0 aliphatic heterocycles. The van der Waals surface area contributed by atoms with Crippen LogP contribution in [-0.4, -0.2) is 33.6 Å². The minimum absolute atomic E-state index is 0.256. The molecule has 0 fully saturated rings. The zero-order valence-corrected chi connectivity index (χ0v) is 12.4. The summed E-state index contributed by atoms with van der Waals surface area (Å²) in [6.45, 7) is 5.50. The number of esters is 1. The number of hydrogen-bond acceptors (Lipinski definition) is 3. The molecule has 2 aromatic rings. The van der Waals surface area contributed by atoms with Gasteiger partial charge in [-0.2, -0.15) is 0 Å². The van der Waals surface area contributed by atoms with Gasteiger partial charge in [0.15, 0.2) is 0 Å². The molecule has 96 valence electrons. The number of carbonyl (C=O) groups is 1. The van der Waals surface area contributed by atoms with Crippen LogP contribution in [0.2, 0.25) is 0 Å². The molecule has 18 heavy (non-hydrogen) atoms. The zero-order chi connectivity index (χ0) is 13.0. The number of benzene rings is 1. The van der Waals surface area contributed by atoms with E-state index in [1.54, 1.807) is 0 Å². The van der Waals surface area contributed by atoms with Gasteiger partial charge in [-0.05, 0) is 0 Å². The van der Waals surface area contributed by atoms with E-state index in [0.717, 1.165) is 24.9 Å². The first-order valence-electron chi connectivity index (χ1n) is 6.10. The van der Waals surface area contributed by atoms with Crippen molar-refractivity contribution in [1.82, 2.24) is 5.32 Å². The first-order valence-corrected chi connectivity index (χ1v) is 7.95. The van der Waals surface area contributed by atoms with Crippen molar-refractivity contribution in [2.75, 3.05) is 13.1 Å². The fourth-order valence-electron chi connectivity index (χ4n) is 1.94. The number of hydrogen-bond donors (Lipinski definition) is 1. The summed E-state index contributed by atoms with van der Waals surface area (Å²) in [6, 6.07) is 5.96. The van der Waals surface area contributed by atoms with Crippen molar-refractivity contribution in [3.8, 4) is 5.75 Å². The van der Waals surface area contributed by atoms with Gasteiger partial charge in [-0.25, -0.2) is 0 Å². The standard InChI is InChI=1S/C14H17NO2Se/c1-3-15-8-7-11-9-18-13-6-4-5-12(14(11)13)17-10(2)16/h4-6,9,15H,3,7-8H2,1-2H3. The van der Waals surface area contributed by atoms with Gasteiger partial charge in [0.1, 0.15) is 0 Å². The van der Waals surface area contributed by atoms with Crippen molar-refractivity contribution >= 4 is 30.1 Å². The van der Waals surface area contributed by atoms with Gasteiger partial charge >= 0.3 is 113 Å². The quantitative estimate of drug-likeness (QED) is 0.397. The van der Waals surface area contributed by atoms with Crippen LogP contribution in [0.1, 0.15) is 19.4 Å². The van der Waals surface area contributed by atoms with Gasteiger partial charge in [0, 0.05) is 0 Å². The molecule has 1 heterocycles. The van der Waals surface area contributed by atoms with Gasteiger partial charge in [0.2, 0.25) is 0 Å². The molecule has 1 aromatic carbocycles. The number of likely N-dealkylation sites (N-methyl/N-ethyl adjacent to an activating group) is 1. The van der Waals surface area contributed by atoms with Crippen molar-refractivity contribution < 1.29 is 9.53 Å². The zero-order valence-electron chi connectivity index (χ0n) is 10.7. The van der Waals surface area contributed by atoms with Crippen LogP contribution < -0.4 is 10.1 Å². The van der Waals surface area contributed by atoms with E-state index in [0.29, 0.717) is 20.3 Å². The summed E-state index contributed by atoms with van der Waals surface area (Å²) in [5.41, 5.74) is 1.31. The van der Waals surface area contributed by atoms with E-state index in [4.69, 9.17) is 4.74 Å². The van der Waals surface area contributed by atoms with Crippen molar-refractivity contribution in [2.24, 2.45) is 0 Å². The van der Waals surface area contributed by atoms with E-state index in [9.17, 15) is 4.79 Å². The molecule has 1 aromatic heterocycles. The number of nitrogens with one attached hydrogen (secondary N) is 1. The Bertz CT molecular complexity index is 548. The van der Waals surface area contributed by atoms with Gasteiger partial charge in [-0.3, -0.25) is 0 Å². The Morgan fingerprint density at radius 1 is 1.44 bits per heavy atom. The second-order valence-electron chi connectivity index (χ2n) is 4.09. The van der Waals surface area contributed by atoms with Gasteiger partial charge in [0.25, 0.3) is 0 Å². The van der Waals surface area contributed by atoms with Gasteiger partial charge in [-0.1, -0.05) is 0 Å². The maximum atomic E-state index is 11.1. The summed E-state index contributed by atoms with van der Waals surface area (Å²) in [4.78, 5) is 13.4. The third-order valence-corrected chi connectivity index (χ3v) is 4.80. The first kappa shape index (κ1) is 13.3. The monoisotopic (exact) mass is 311 g/mol. The van der Waals surface area contributed by atoms with Crippen LogP contribution >= 0.6 is 0 Å². The second kappa shape index (κ2) is 6.19. The third kappa shape index (κ3) is 3.02. The molecule has 3 nitrogen and oxygen atoms in total. The van der Waals surface area contributed by atoms with Crippen molar-refractivity contribution in [2.45, 2.75) is 20.3 Å². The number of rotatable bonds is 5. The summed E-state index contributed by atoms with van der Waals surface area (Å²) in [5, 5.41) is 4.47. The molecule has 0 aliphatic rings. The van der Waals surface area contributed by atoms with E-state index < -0.39 is 0 Å². The summed E-state index contributed by atoms with van der Waals surface area (Å²) in [7, 11) is 0. The topological polar surface area (TPSA) is 38.3 Å². The number of carbonyl (C=O) groups excluding carboxylic acids is 1. The van der Waals surface area contributed by atoms with Crippen molar-refractivity contribution in [3.63, 3.8) is 0 Å². The summed E-state index contributed by atoms with van der Waals surface area (Å²) in [5.74, 6) is 0.455. The Kier molecular flexibility index (Phi) is 4.59. The SMILES string of the molecule is CCNCCc1c[se]c2cccc(OC(C)=O)c12. The molecule has 0 saturated heterocycles. The molecule has 0 unspecified atom stereocenters. The normalized spacial score (nSPS) is 10.8. The van der Waals surface area contributed by atoms with Gasteiger partial charge in [0.05, 0.1) is 0 Å². The average Bonchev–Trinajstić information content (AvgIpc) is 2.73. The Morgan fingerprint density at radius 3 is 3.00 bits per heavy atom. The summed E-state index contributed by atoms with van der Waals surface area (Å²) in [6.07, 6.45) is 0.987. The molecule has 0 amide bonds. The average molecular weight is 310 g/mol. The minimum atomic E-state index is -0.256. The Labute approximate surface area is 113 Å². The number of fused-ring (bicyclic) bond motifs is 1. The number of ether oxygens (including phenoxy) is 1. The van der Waals surface area contributed by atoms with Gasteiger partial charge in [-0.15, -0.1) is 0 Å². The van der Waals surface area contributed by atoms with Crippen LogP contribution in [0.15, 0.2) is 23.1 Å². The van der Waals surface area contributed by atoms with Gasteiger partial charge < -0.3 is 0 Å². The van der Waals surface area contributed by atoms with Crippen molar-refractivity contribution in [1.29, 1.82) is 0 Å². The van der Waals surface area contributed by atoms with Crippen molar-refractivity contribution in [3.05, 3.63) is 28.7 Å². The van der Waals surface area contributed by atoms with Crippen LogP contribution in [0.3, 0.4) is 0 Å². The van der Waals surface area contributed by atoms with Crippen LogP contribution in [-0.2, 0) is 11.2 Å². The van der Waals surface area contributed by atoms with Crippen LogP contribution in [0.25, 0.3) is 9.65 Å². The molecule has 0 atom stereocenters. The van der Waals surface area contributed by atoms with E-state index in [1.807, 2.05) is 12.1 Å². The van der Waals surface area contributed by atoms with E-state index >= 15 is 0 Å². The Hall–Kier alpha value is -1.09. The van der Waals surface area contributed by atoms with E-state index in [-0.39, 0.29) is 5.97 Å². The molecule has 0 bridgehead atoms. The molecular weight excluding hydrogens is 293 g/mol. The Balaban J connectivity index is 2.32. The molecule has 0 aliphatic carbocycles. The summed E-state index contributed by atoms with van der Waals surface area (Å²) < 4.78 is 6.62. The molecule has 0 saturated carbocycles. The Morgan fingerprint density at radius 2 is 2.28 bits per heavy atom. The third-order valence-electron chi connectivity index (χ3n) is 2.71. The van der Waals surface area contributed by atoms with E-state index in [2.05, 4.69) is 23.2 Å². The molecule has 0 spiro atoms. The first-order chi connectivity index (χ1) is 8.72. The molecule has 1 N–H and O–H groups in total. The van der Waals surface area contributed by atoms with Crippen LogP contribution in [0.4, 0.5) is 0 Å². The molecular formula is C14H17NO2Se. The maximum absolute atomic E-state index is 11.1.